The number of furan rings is 1. The Morgan fingerprint density at radius 1 is 1.42 bits per heavy atom. The van der Waals surface area contributed by atoms with Gasteiger partial charge >= 0.3 is 5.97 Å². The second kappa shape index (κ2) is 5.34. The molecule has 0 aromatic carbocycles. The van der Waals surface area contributed by atoms with Crippen molar-refractivity contribution in [3.63, 3.8) is 0 Å². The van der Waals surface area contributed by atoms with Crippen LogP contribution in [0.4, 0.5) is 0 Å². The highest BCUT2D eigenvalue weighted by Crippen LogP contribution is 2.27. The number of carbonyl (C=O) groups is 2. The van der Waals surface area contributed by atoms with E-state index in [-0.39, 0.29) is 24.5 Å². The predicted octanol–water partition coefficient (Wildman–Crippen LogP) is 1.75. The molecule has 1 fully saturated rings. The molecule has 0 unspecified atom stereocenters. The van der Waals surface area contributed by atoms with E-state index in [1.165, 1.54) is 7.11 Å². The van der Waals surface area contributed by atoms with Gasteiger partial charge in [-0.2, -0.15) is 0 Å². The first-order valence-electron chi connectivity index (χ1n) is 5.82. The number of rotatable bonds is 3. The summed E-state index contributed by atoms with van der Waals surface area (Å²) in [6.07, 6.45) is 0.541. The van der Waals surface area contributed by atoms with Gasteiger partial charge in [-0.3, -0.25) is 4.79 Å². The number of halogens is 1. The number of hydrogen-bond donors (Lipinski definition) is 1. The van der Waals surface area contributed by atoms with E-state index in [9.17, 15) is 14.7 Å². The Morgan fingerprint density at radius 2 is 2.05 bits per heavy atom. The number of likely N-dealkylation sites (tertiary alicyclic amines) is 1. The largest absolute Gasteiger partial charge is 0.479 e. The molecule has 2 rings (SSSR count). The topological polar surface area (TPSA) is 80.0 Å². The highest BCUT2D eigenvalue weighted by molar-refractivity contribution is 9.10. The van der Waals surface area contributed by atoms with Gasteiger partial charge in [-0.15, -0.1) is 0 Å². The van der Waals surface area contributed by atoms with Crippen molar-refractivity contribution in [3.05, 3.63) is 22.6 Å². The Bertz CT molecular complexity index is 490. The van der Waals surface area contributed by atoms with Gasteiger partial charge in [0, 0.05) is 33.0 Å². The van der Waals surface area contributed by atoms with E-state index in [2.05, 4.69) is 15.9 Å². The van der Waals surface area contributed by atoms with E-state index in [4.69, 9.17) is 9.15 Å². The van der Waals surface area contributed by atoms with Crippen LogP contribution in [0.1, 0.15) is 23.4 Å². The Balaban J connectivity index is 2.04. The zero-order chi connectivity index (χ0) is 14.0. The minimum Gasteiger partial charge on any atom is -0.479 e. The van der Waals surface area contributed by atoms with Crippen LogP contribution in [-0.2, 0) is 9.53 Å². The second-order valence-electron chi connectivity index (χ2n) is 4.40. The number of piperidine rings is 1. The first-order valence-corrected chi connectivity index (χ1v) is 6.61. The fraction of sp³-hybridized carbons (Fsp3) is 0.500. The third-order valence-electron chi connectivity index (χ3n) is 3.42. The number of carbonyl (C=O) groups excluding carboxylic acids is 1. The van der Waals surface area contributed by atoms with E-state index < -0.39 is 11.6 Å². The van der Waals surface area contributed by atoms with Crippen LogP contribution in [0, 0.1) is 0 Å². The third kappa shape index (κ3) is 2.66. The number of hydrogen-bond acceptors (Lipinski definition) is 4. The summed E-state index contributed by atoms with van der Waals surface area (Å²) in [7, 11) is 1.38. The summed E-state index contributed by atoms with van der Waals surface area (Å²) < 4.78 is 10.8. The molecule has 2 heterocycles. The SMILES string of the molecule is COC1(C(=O)O)CCN(C(=O)c2ccc(Br)o2)CC1. The highest BCUT2D eigenvalue weighted by Gasteiger charge is 2.43. The van der Waals surface area contributed by atoms with Crippen LogP contribution in [0.5, 0.6) is 0 Å². The van der Waals surface area contributed by atoms with E-state index >= 15 is 0 Å². The van der Waals surface area contributed by atoms with Crippen LogP contribution in [0.25, 0.3) is 0 Å². The van der Waals surface area contributed by atoms with Crippen LogP contribution >= 0.6 is 15.9 Å². The Hall–Kier alpha value is -1.34. The number of methoxy groups -OCH3 is 1. The maximum Gasteiger partial charge on any atom is 0.336 e. The summed E-state index contributed by atoms with van der Waals surface area (Å²) >= 11 is 3.14. The zero-order valence-electron chi connectivity index (χ0n) is 10.4. The van der Waals surface area contributed by atoms with Gasteiger partial charge in [-0.05, 0) is 28.1 Å². The molecule has 1 aromatic rings. The lowest BCUT2D eigenvalue weighted by atomic mass is 9.91. The fourth-order valence-electron chi connectivity index (χ4n) is 2.16. The summed E-state index contributed by atoms with van der Waals surface area (Å²) in [5.74, 6) is -0.976. The maximum atomic E-state index is 12.1. The van der Waals surface area contributed by atoms with Crippen molar-refractivity contribution in [2.45, 2.75) is 18.4 Å². The molecule has 0 bridgehead atoms. The van der Waals surface area contributed by atoms with E-state index in [1.807, 2.05) is 0 Å². The molecule has 0 spiro atoms. The molecule has 0 radical (unpaired) electrons. The van der Waals surface area contributed by atoms with Crippen molar-refractivity contribution in [2.24, 2.45) is 0 Å². The minimum atomic E-state index is -1.18. The molecule has 1 amide bonds. The van der Waals surface area contributed by atoms with Crippen molar-refractivity contribution in [1.82, 2.24) is 4.90 Å². The molecule has 1 N–H and O–H groups in total. The molecular formula is C12H14BrNO5. The van der Waals surface area contributed by atoms with Gasteiger partial charge in [-0.1, -0.05) is 0 Å². The number of ether oxygens (including phenoxy) is 1. The molecule has 1 aromatic heterocycles. The average molecular weight is 332 g/mol. The van der Waals surface area contributed by atoms with Crippen LogP contribution < -0.4 is 0 Å². The lowest BCUT2D eigenvalue weighted by Crippen LogP contribution is -2.52. The molecule has 7 heteroatoms. The maximum absolute atomic E-state index is 12.1. The number of amides is 1. The summed E-state index contributed by atoms with van der Waals surface area (Å²) in [6.45, 7) is 0.661. The average Bonchev–Trinajstić information content (AvgIpc) is 2.84. The Kier molecular flexibility index (Phi) is 3.96. The molecule has 6 nitrogen and oxygen atoms in total. The van der Waals surface area contributed by atoms with Crippen LogP contribution in [0.15, 0.2) is 21.2 Å². The van der Waals surface area contributed by atoms with Gasteiger partial charge in [0.1, 0.15) is 0 Å². The quantitative estimate of drug-likeness (QED) is 0.912. The van der Waals surface area contributed by atoms with Gasteiger partial charge in [0.25, 0.3) is 5.91 Å². The van der Waals surface area contributed by atoms with Crippen molar-refractivity contribution in [3.8, 4) is 0 Å². The molecule has 19 heavy (non-hydrogen) atoms. The standard InChI is InChI=1S/C12H14BrNO5/c1-18-12(11(16)17)4-6-14(7-5-12)10(15)8-2-3-9(13)19-8/h2-3H,4-7H2,1H3,(H,16,17). The van der Waals surface area contributed by atoms with Crippen molar-refractivity contribution >= 4 is 27.8 Å². The molecule has 0 aliphatic carbocycles. The van der Waals surface area contributed by atoms with Gasteiger partial charge in [-0.25, -0.2) is 4.79 Å². The van der Waals surface area contributed by atoms with E-state index in [0.717, 1.165) is 0 Å². The summed E-state index contributed by atoms with van der Waals surface area (Å²) in [6, 6.07) is 3.23. The van der Waals surface area contributed by atoms with Crippen molar-refractivity contribution in [2.75, 3.05) is 20.2 Å². The molecule has 1 aliphatic rings. The lowest BCUT2D eigenvalue weighted by molar-refractivity contribution is -0.167. The highest BCUT2D eigenvalue weighted by atomic mass is 79.9. The normalized spacial score (nSPS) is 18.3. The smallest absolute Gasteiger partial charge is 0.336 e. The minimum absolute atomic E-state index is 0.235. The summed E-state index contributed by atoms with van der Waals surface area (Å²) in [5, 5.41) is 9.18. The molecule has 104 valence electrons. The summed E-state index contributed by atoms with van der Waals surface area (Å²) in [4.78, 5) is 24.9. The number of carboxylic acid groups (broad SMARTS) is 1. The van der Waals surface area contributed by atoms with Gasteiger partial charge in [0.15, 0.2) is 16.0 Å². The monoisotopic (exact) mass is 331 g/mol. The molecular weight excluding hydrogens is 318 g/mol. The lowest BCUT2D eigenvalue weighted by Gasteiger charge is -2.37. The molecule has 0 atom stereocenters. The first-order chi connectivity index (χ1) is 8.98. The first kappa shape index (κ1) is 14.1. The number of aliphatic carboxylic acids is 1. The van der Waals surface area contributed by atoms with Crippen LogP contribution in [0.2, 0.25) is 0 Å². The van der Waals surface area contributed by atoms with Crippen molar-refractivity contribution in [1.29, 1.82) is 0 Å². The van der Waals surface area contributed by atoms with Gasteiger partial charge in [0.05, 0.1) is 0 Å². The predicted molar refractivity (Wildman–Crippen MR) is 68.9 cm³/mol. The third-order valence-corrected chi connectivity index (χ3v) is 3.85. The van der Waals surface area contributed by atoms with Crippen LogP contribution in [0.3, 0.4) is 0 Å². The summed E-state index contributed by atoms with van der Waals surface area (Å²) in [5.41, 5.74) is -1.18. The molecule has 0 saturated carbocycles. The Labute approximate surface area is 118 Å². The molecule has 1 saturated heterocycles. The fourth-order valence-corrected chi connectivity index (χ4v) is 2.47. The number of nitrogens with zero attached hydrogens (tertiary/aromatic N) is 1. The Morgan fingerprint density at radius 3 is 2.47 bits per heavy atom. The zero-order valence-corrected chi connectivity index (χ0v) is 12.0. The number of carboxylic acids is 1. The van der Waals surface area contributed by atoms with E-state index in [1.54, 1.807) is 17.0 Å². The second-order valence-corrected chi connectivity index (χ2v) is 5.18. The van der Waals surface area contributed by atoms with Gasteiger partial charge in [0.2, 0.25) is 0 Å². The van der Waals surface area contributed by atoms with Crippen molar-refractivity contribution < 1.29 is 23.8 Å². The van der Waals surface area contributed by atoms with Gasteiger partial charge < -0.3 is 19.2 Å². The van der Waals surface area contributed by atoms with Crippen LogP contribution in [-0.4, -0.2) is 47.7 Å². The molecule has 1 aliphatic heterocycles. The van der Waals surface area contributed by atoms with E-state index in [0.29, 0.717) is 17.8 Å².